The summed E-state index contributed by atoms with van der Waals surface area (Å²) in [5.41, 5.74) is 7.50. The number of nitrogens with two attached hydrogens (primary N) is 1. The van der Waals surface area contributed by atoms with Gasteiger partial charge in [0.05, 0.1) is 19.1 Å². The van der Waals surface area contributed by atoms with Crippen molar-refractivity contribution in [2.75, 3.05) is 18.2 Å². The minimum Gasteiger partial charge on any atom is -0.497 e. The second kappa shape index (κ2) is 9.62. The van der Waals surface area contributed by atoms with Crippen molar-refractivity contribution >= 4 is 23.0 Å². The summed E-state index contributed by atoms with van der Waals surface area (Å²) in [6.45, 7) is 1.86. The predicted octanol–water partition coefficient (Wildman–Crippen LogP) is 3.63. The number of nitrogens with one attached hydrogen (secondary N) is 2. The number of methoxy groups -OCH3 is 1. The van der Waals surface area contributed by atoms with E-state index in [2.05, 4.69) is 10.6 Å². The average Bonchev–Trinajstić information content (AvgIpc) is 2.89. The molecule has 1 amide bonds. The van der Waals surface area contributed by atoms with E-state index in [-0.39, 0.29) is 23.2 Å². The lowest BCUT2D eigenvalue weighted by molar-refractivity contribution is -0.122. The van der Waals surface area contributed by atoms with Gasteiger partial charge >= 0.3 is 0 Å². The van der Waals surface area contributed by atoms with Gasteiger partial charge in [0.2, 0.25) is 5.91 Å². The zero-order valence-electron chi connectivity index (χ0n) is 18.9. The van der Waals surface area contributed by atoms with Gasteiger partial charge in [0.15, 0.2) is 0 Å². The minimum absolute atomic E-state index is 0.0768. The molecule has 4 rings (SSSR count). The molecule has 7 heteroatoms. The lowest BCUT2D eigenvalue weighted by Gasteiger charge is -2.23. The smallest absolute Gasteiger partial charge is 0.253 e. The van der Waals surface area contributed by atoms with Gasteiger partial charge in [-0.05, 0) is 47.9 Å². The van der Waals surface area contributed by atoms with Gasteiger partial charge in [0.25, 0.3) is 10.9 Å². The van der Waals surface area contributed by atoms with Gasteiger partial charge in [0.1, 0.15) is 17.1 Å². The second-order valence-electron chi connectivity index (χ2n) is 8.04. The summed E-state index contributed by atoms with van der Waals surface area (Å²) in [6, 6.07) is 23.8. The molecule has 0 saturated carbocycles. The lowest BCUT2D eigenvalue weighted by Crippen LogP contribution is -2.36. The van der Waals surface area contributed by atoms with E-state index in [9.17, 15) is 14.4 Å². The molecule has 172 valence electrons. The molecule has 0 fully saturated rings. The molecule has 0 spiro atoms. The van der Waals surface area contributed by atoms with E-state index in [4.69, 9.17) is 10.5 Å². The van der Waals surface area contributed by atoms with E-state index >= 15 is 0 Å². The molecule has 0 aliphatic rings. The third-order valence-electron chi connectivity index (χ3n) is 5.87. The van der Waals surface area contributed by atoms with Crippen LogP contribution in [0.4, 0.5) is 17.1 Å². The zero-order valence-corrected chi connectivity index (χ0v) is 18.9. The number of ether oxygens (including phenoxy) is 1. The predicted molar refractivity (Wildman–Crippen MR) is 133 cm³/mol. The third kappa shape index (κ3) is 4.54. The third-order valence-corrected chi connectivity index (χ3v) is 5.87. The molecular formula is C27H25N3O4. The lowest BCUT2D eigenvalue weighted by atomic mass is 9.95. The highest BCUT2D eigenvalue weighted by Crippen LogP contribution is 2.29. The molecule has 0 aliphatic heterocycles. The van der Waals surface area contributed by atoms with Crippen LogP contribution in [0.15, 0.2) is 88.5 Å². The second-order valence-corrected chi connectivity index (χ2v) is 8.04. The Balaban J connectivity index is 1.66. The number of hydrogen-bond acceptors (Lipinski definition) is 6. The van der Waals surface area contributed by atoms with Crippen molar-refractivity contribution in [2.45, 2.75) is 18.9 Å². The van der Waals surface area contributed by atoms with Crippen molar-refractivity contribution in [1.29, 1.82) is 0 Å². The summed E-state index contributed by atoms with van der Waals surface area (Å²) < 4.78 is 5.27. The number of nitrogen functional groups attached to an aromatic ring is 1. The number of anilines is 3. The molecule has 4 N–H and O–H groups in total. The maximum absolute atomic E-state index is 13.2. The van der Waals surface area contributed by atoms with Gasteiger partial charge in [-0.3, -0.25) is 14.4 Å². The van der Waals surface area contributed by atoms with E-state index < -0.39 is 16.9 Å². The summed E-state index contributed by atoms with van der Waals surface area (Å²) in [7, 11) is 1.60. The molecule has 0 saturated heterocycles. The van der Waals surface area contributed by atoms with E-state index in [1.165, 1.54) is 0 Å². The molecule has 0 aliphatic carbocycles. The minimum atomic E-state index is -0.683. The van der Waals surface area contributed by atoms with Crippen LogP contribution in [-0.2, 0) is 4.79 Å². The summed E-state index contributed by atoms with van der Waals surface area (Å²) in [5.74, 6) is 0.224. The molecule has 2 atom stereocenters. The summed E-state index contributed by atoms with van der Waals surface area (Å²) in [5, 5.41) is 6.08. The first-order valence-corrected chi connectivity index (χ1v) is 10.8. The van der Waals surface area contributed by atoms with E-state index in [1.54, 1.807) is 13.2 Å². The number of benzene rings is 3. The normalized spacial score (nSPS) is 12.6. The molecule has 0 aromatic heterocycles. The number of carbonyl (C=O) groups is 1. The fraction of sp³-hybridized carbons (Fsp3) is 0.148. The van der Waals surface area contributed by atoms with E-state index in [0.717, 1.165) is 16.7 Å². The van der Waals surface area contributed by atoms with Gasteiger partial charge in [-0.25, -0.2) is 0 Å². The van der Waals surface area contributed by atoms with E-state index in [1.807, 2.05) is 79.7 Å². The first-order chi connectivity index (χ1) is 16.4. The summed E-state index contributed by atoms with van der Waals surface area (Å²) in [6.07, 6.45) is 0. The van der Waals surface area contributed by atoms with Crippen LogP contribution in [0.1, 0.15) is 35.6 Å². The van der Waals surface area contributed by atoms with Crippen molar-refractivity contribution in [1.82, 2.24) is 5.32 Å². The summed E-state index contributed by atoms with van der Waals surface area (Å²) >= 11 is 0. The topological polar surface area (TPSA) is 111 Å². The highest BCUT2D eigenvalue weighted by atomic mass is 16.5. The van der Waals surface area contributed by atoms with Crippen LogP contribution in [-0.4, -0.2) is 13.0 Å². The molecule has 4 aromatic carbocycles. The van der Waals surface area contributed by atoms with Crippen LogP contribution in [0.3, 0.4) is 0 Å². The molecule has 2 unspecified atom stereocenters. The van der Waals surface area contributed by atoms with Gasteiger partial charge in [-0.15, -0.1) is 0 Å². The average molecular weight is 456 g/mol. The largest absolute Gasteiger partial charge is 0.497 e. The van der Waals surface area contributed by atoms with Crippen LogP contribution in [0.25, 0.3) is 0 Å². The quantitative estimate of drug-likeness (QED) is 0.350. The Kier molecular flexibility index (Phi) is 6.45. The molecule has 0 heterocycles. The maximum atomic E-state index is 13.2. The molecule has 7 nitrogen and oxygen atoms in total. The Morgan fingerprint density at radius 1 is 0.853 bits per heavy atom. The zero-order chi connectivity index (χ0) is 24.2. The van der Waals surface area contributed by atoms with Crippen molar-refractivity contribution < 1.29 is 9.53 Å². The van der Waals surface area contributed by atoms with Crippen LogP contribution in [0.5, 0.6) is 5.75 Å². The van der Waals surface area contributed by atoms with Gasteiger partial charge in [-0.1, -0.05) is 54.6 Å². The number of rotatable bonds is 8. The molecule has 4 aromatic rings. The number of hydrogen-bond donors (Lipinski definition) is 3. The fourth-order valence-electron chi connectivity index (χ4n) is 3.79. The molecule has 0 radical (unpaired) electrons. The standard InChI is InChI=1S/C27H25N3O4/c1-16(17-7-4-3-5-8-17)27(33)30-23(18-11-13-21(34-2)14-12-18)19-9-6-10-20(15-19)29-24-22(28)25(31)26(24)32/h3-16,23,29H,28H2,1-2H3,(H,30,33). The van der Waals surface area contributed by atoms with Crippen molar-refractivity contribution in [2.24, 2.45) is 0 Å². The van der Waals surface area contributed by atoms with Gasteiger partial charge in [0, 0.05) is 5.69 Å². The van der Waals surface area contributed by atoms with Crippen molar-refractivity contribution in [3.05, 3.63) is 116 Å². The monoisotopic (exact) mass is 455 g/mol. The Morgan fingerprint density at radius 2 is 1.53 bits per heavy atom. The fourth-order valence-corrected chi connectivity index (χ4v) is 3.79. The summed E-state index contributed by atoms with van der Waals surface area (Å²) in [4.78, 5) is 36.5. The van der Waals surface area contributed by atoms with Crippen LogP contribution in [0, 0.1) is 0 Å². The highest BCUT2D eigenvalue weighted by Gasteiger charge is 2.23. The molecule has 34 heavy (non-hydrogen) atoms. The number of amides is 1. The number of carbonyl (C=O) groups excluding carboxylic acids is 1. The Bertz CT molecular complexity index is 1370. The van der Waals surface area contributed by atoms with Crippen molar-refractivity contribution in [3.8, 4) is 5.75 Å². The highest BCUT2D eigenvalue weighted by molar-refractivity contribution is 5.84. The Morgan fingerprint density at radius 3 is 2.18 bits per heavy atom. The van der Waals surface area contributed by atoms with Crippen LogP contribution < -0.4 is 32.0 Å². The maximum Gasteiger partial charge on any atom is 0.253 e. The van der Waals surface area contributed by atoms with E-state index in [0.29, 0.717) is 11.4 Å². The first-order valence-electron chi connectivity index (χ1n) is 10.8. The van der Waals surface area contributed by atoms with Crippen LogP contribution >= 0.6 is 0 Å². The van der Waals surface area contributed by atoms with Crippen molar-refractivity contribution in [3.63, 3.8) is 0 Å². The molecule has 0 bridgehead atoms. The van der Waals surface area contributed by atoms with Crippen LogP contribution in [0.2, 0.25) is 0 Å². The Hall–Kier alpha value is -4.39. The van der Waals surface area contributed by atoms with Gasteiger partial charge in [-0.2, -0.15) is 0 Å². The molecular weight excluding hydrogens is 430 g/mol. The Labute approximate surface area is 196 Å². The SMILES string of the molecule is COc1ccc(C(NC(=O)C(C)c2ccccc2)c2cccc(Nc3c(N)c(=O)c3=O)c2)cc1. The first kappa shape index (κ1) is 22.8. The van der Waals surface area contributed by atoms with Gasteiger partial charge < -0.3 is 21.1 Å².